The molecule has 2 aromatic carbocycles. The van der Waals surface area contributed by atoms with Crippen molar-refractivity contribution in [2.24, 2.45) is 11.1 Å². The first kappa shape index (κ1) is 12.2. The van der Waals surface area contributed by atoms with Gasteiger partial charge in [0.05, 0.1) is 0 Å². The molecule has 0 amide bonds. The van der Waals surface area contributed by atoms with E-state index in [9.17, 15) is 0 Å². The van der Waals surface area contributed by atoms with Gasteiger partial charge in [0.15, 0.2) is 0 Å². The maximum Gasteiger partial charge on any atom is 0.0221 e. The molecule has 0 atom stereocenters. The van der Waals surface area contributed by atoms with Gasteiger partial charge in [-0.05, 0) is 42.2 Å². The van der Waals surface area contributed by atoms with Gasteiger partial charge in [0.2, 0.25) is 0 Å². The van der Waals surface area contributed by atoms with Crippen molar-refractivity contribution in [1.29, 1.82) is 0 Å². The van der Waals surface area contributed by atoms with Crippen molar-refractivity contribution in [2.45, 2.75) is 37.1 Å². The molecule has 2 aliphatic carbocycles. The fourth-order valence-corrected chi connectivity index (χ4v) is 3.96. The van der Waals surface area contributed by atoms with Crippen LogP contribution in [0.1, 0.15) is 42.7 Å². The normalized spacial score (nSPS) is 21.7. The van der Waals surface area contributed by atoms with E-state index in [1.807, 2.05) is 0 Å². The average molecular weight is 263 g/mol. The zero-order chi connectivity index (χ0) is 13.6. The molecular weight excluding hydrogens is 242 g/mol. The molecule has 1 nitrogen and oxygen atoms in total. The molecular formula is C19H21N. The number of benzene rings is 2. The highest BCUT2D eigenvalue weighted by atomic mass is 14.9. The predicted molar refractivity (Wildman–Crippen MR) is 82.5 cm³/mol. The first-order valence-electron chi connectivity index (χ1n) is 7.64. The number of hydrogen-bond acceptors (Lipinski definition) is 1. The fourth-order valence-electron chi connectivity index (χ4n) is 3.96. The monoisotopic (exact) mass is 263 g/mol. The van der Waals surface area contributed by atoms with Crippen LogP contribution in [0.5, 0.6) is 0 Å². The summed E-state index contributed by atoms with van der Waals surface area (Å²) in [4.78, 5) is 0. The molecule has 1 heteroatoms. The second-order valence-electron chi connectivity index (χ2n) is 6.57. The van der Waals surface area contributed by atoms with Crippen molar-refractivity contribution >= 4 is 0 Å². The highest BCUT2D eigenvalue weighted by Crippen LogP contribution is 2.70. The summed E-state index contributed by atoms with van der Waals surface area (Å²) in [6, 6.07) is 21.9. The third kappa shape index (κ3) is 1.73. The third-order valence-electron chi connectivity index (χ3n) is 5.39. The van der Waals surface area contributed by atoms with Gasteiger partial charge in [-0.2, -0.15) is 0 Å². The van der Waals surface area contributed by atoms with E-state index in [2.05, 4.69) is 60.7 Å². The zero-order valence-electron chi connectivity index (χ0n) is 11.8. The van der Waals surface area contributed by atoms with Gasteiger partial charge in [-0.3, -0.25) is 0 Å². The van der Waals surface area contributed by atoms with Gasteiger partial charge in [-0.25, -0.2) is 0 Å². The highest BCUT2D eigenvalue weighted by molar-refractivity contribution is 5.41. The molecule has 4 rings (SSSR count). The lowest BCUT2D eigenvalue weighted by atomic mass is 9.73. The Hall–Kier alpha value is -1.60. The topological polar surface area (TPSA) is 26.0 Å². The van der Waals surface area contributed by atoms with E-state index in [4.69, 9.17) is 5.73 Å². The summed E-state index contributed by atoms with van der Waals surface area (Å²) in [5.74, 6) is 0.456. The molecule has 0 unspecified atom stereocenters. The second-order valence-corrected chi connectivity index (χ2v) is 6.57. The third-order valence-corrected chi connectivity index (χ3v) is 5.39. The standard InChI is InChI=1S/C19H21N/c20-19(13-14-19)18(11-12-18)17(15-7-3-1-4-8-15)16-9-5-2-6-10-16/h1-10,17H,11-14,20H2. The van der Waals surface area contributed by atoms with E-state index < -0.39 is 0 Å². The van der Waals surface area contributed by atoms with E-state index in [1.54, 1.807) is 0 Å². The van der Waals surface area contributed by atoms with Crippen LogP contribution in [0.3, 0.4) is 0 Å². The molecule has 0 spiro atoms. The van der Waals surface area contributed by atoms with Gasteiger partial charge in [0.1, 0.15) is 0 Å². The summed E-state index contributed by atoms with van der Waals surface area (Å²) < 4.78 is 0. The molecule has 102 valence electrons. The van der Waals surface area contributed by atoms with E-state index >= 15 is 0 Å². The van der Waals surface area contributed by atoms with Gasteiger partial charge >= 0.3 is 0 Å². The summed E-state index contributed by atoms with van der Waals surface area (Å²) in [5, 5.41) is 0. The molecule has 0 aliphatic heterocycles. The smallest absolute Gasteiger partial charge is 0.0221 e. The lowest BCUT2D eigenvalue weighted by Gasteiger charge is -2.33. The summed E-state index contributed by atoms with van der Waals surface area (Å²) in [5.41, 5.74) is 9.90. The Labute approximate surface area is 120 Å². The maximum absolute atomic E-state index is 6.66. The van der Waals surface area contributed by atoms with E-state index in [0.717, 1.165) is 0 Å². The van der Waals surface area contributed by atoms with E-state index in [-0.39, 0.29) is 5.54 Å². The van der Waals surface area contributed by atoms with Crippen LogP contribution in [0, 0.1) is 5.41 Å². The SMILES string of the molecule is NC1(C2(C(c3ccccc3)c3ccccc3)CC2)CC1. The Morgan fingerprint density at radius 1 is 0.700 bits per heavy atom. The number of nitrogens with two attached hydrogens (primary N) is 1. The zero-order valence-corrected chi connectivity index (χ0v) is 11.8. The van der Waals surface area contributed by atoms with E-state index in [0.29, 0.717) is 11.3 Å². The molecule has 0 saturated heterocycles. The molecule has 0 heterocycles. The molecule has 0 bridgehead atoms. The van der Waals surface area contributed by atoms with Crippen molar-refractivity contribution in [3.8, 4) is 0 Å². The van der Waals surface area contributed by atoms with Crippen LogP contribution in [0.25, 0.3) is 0 Å². The average Bonchev–Trinajstić information content (AvgIpc) is 3.40. The lowest BCUT2D eigenvalue weighted by Crippen LogP contribution is -2.38. The van der Waals surface area contributed by atoms with Crippen LogP contribution in [0.4, 0.5) is 0 Å². The summed E-state index contributed by atoms with van der Waals surface area (Å²) >= 11 is 0. The van der Waals surface area contributed by atoms with Gasteiger partial charge in [0.25, 0.3) is 0 Å². The van der Waals surface area contributed by atoms with Crippen molar-refractivity contribution in [1.82, 2.24) is 0 Å². The largest absolute Gasteiger partial charge is 0.325 e. The minimum absolute atomic E-state index is 0.0867. The van der Waals surface area contributed by atoms with Crippen LogP contribution in [-0.2, 0) is 0 Å². The second kappa shape index (κ2) is 4.20. The van der Waals surface area contributed by atoms with Crippen molar-refractivity contribution in [3.05, 3.63) is 71.8 Å². The minimum atomic E-state index is 0.0867. The Kier molecular flexibility index (Phi) is 2.55. The lowest BCUT2D eigenvalue weighted by molar-refractivity contribution is 0.336. The van der Waals surface area contributed by atoms with Gasteiger partial charge in [-0.15, -0.1) is 0 Å². The summed E-state index contributed by atoms with van der Waals surface area (Å²) in [6.07, 6.45) is 4.95. The Balaban J connectivity index is 1.83. The minimum Gasteiger partial charge on any atom is -0.325 e. The van der Waals surface area contributed by atoms with Crippen LogP contribution in [0.15, 0.2) is 60.7 Å². The molecule has 0 aromatic heterocycles. The van der Waals surface area contributed by atoms with Crippen LogP contribution < -0.4 is 5.73 Å². The first-order valence-corrected chi connectivity index (χ1v) is 7.64. The predicted octanol–water partition coefficient (Wildman–Crippen LogP) is 4.09. The molecule has 2 fully saturated rings. The molecule has 2 saturated carbocycles. The van der Waals surface area contributed by atoms with Crippen molar-refractivity contribution in [2.75, 3.05) is 0 Å². The molecule has 2 N–H and O–H groups in total. The molecule has 0 radical (unpaired) electrons. The number of rotatable bonds is 4. The quantitative estimate of drug-likeness (QED) is 0.883. The van der Waals surface area contributed by atoms with E-state index in [1.165, 1.54) is 36.8 Å². The summed E-state index contributed by atoms with van der Waals surface area (Å²) in [6.45, 7) is 0. The van der Waals surface area contributed by atoms with Gasteiger partial charge < -0.3 is 5.73 Å². The Morgan fingerprint density at radius 2 is 1.15 bits per heavy atom. The van der Waals surface area contributed by atoms with Crippen molar-refractivity contribution in [3.63, 3.8) is 0 Å². The van der Waals surface area contributed by atoms with Gasteiger partial charge in [0, 0.05) is 11.5 Å². The number of hydrogen-bond donors (Lipinski definition) is 1. The fraction of sp³-hybridized carbons (Fsp3) is 0.368. The van der Waals surface area contributed by atoms with Crippen LogP contribution in [0.2, 0.25) is 0 Å². The first-order chi connectivity index (χ1) is 9.75. The van der Waals surface area contributed by atoms with Crippen LogP contribution >= 0.6 is 0 Å². The Bertz CT molecular complexity index is 555. The Morgan fingerprint density at radius 3 is 1.50 bits per heavy atom. The van der Waals surface area contributed by atoms with Crippen LogP contribution in [-0.4, -0.2) is 5.54 Å². The molecule has 2 aliphatic rings. The summed E-state index contributed by atoms with van der Waals surface area (Å²) in [7, 11) is 0. The van der Waals surface area contributed by atoms with Crippen molar-refractivity contribution < 1.29 is 0 Å². The highest BCUT2D eigenvalue weighted by Gasteiger charge is 2.66. The van der Waals surface area contributed by atoms with Gasteiger partial charge in [-0.1, -0.05) is 60.7 Å². The molecule has 2 aromatic rings. The maximum atomic E-state index is 6.66. The molecule has 20 heavy (non-hydrogen) atoms.